The molecule has 0 fully saturated rings. The maximum Gasteiger partial charge on any atom is 0.358 e. The second-order valence-corrected chi connectivity index (χ2v) is 4.07. The lowest BCUT2D eigenvalue weighted by Gasteiger charge is -2.04. The van der Waals surface area contributed by atoms with Gasteiger partial charge < -0.3 is 15.0 Å². The average molecular weight is 229 g/mol. The van der Waals surface area contributed by atoms with Crippen LogP contribution in [0, 0.1) is 0 Å². The topological polar surface area (TPSA) is 70.1 Å². The van der Waals surface area contributed by atoms with E-state index in [9.17, 15) is 4.79 Å². The van der Waals surface area contributed by atoms with Crippen LogP contribution < -0.4 is 5.73 Å². The van der Waals surface area contributed by atoms with E-state index in [0.717, 1.165) is 10.9 Å². The van der Waals surface area contributed by atoms with Crippen LogP contribution in [0.4, 0.5) is 5.82 Å². The van der Waals surface area contributed by atoms with Crippen LogP contribution in [-0.4, -0.2) is 27.9 Å². The molecule has 0 aliphatic carbocycles. The molecule has 1 rings (SSSR count). The first kappa shape index (κ1) is 11.9. The average Bonchev–Trinajstić information content (AvgIpc) is 2.43. The first-order chi connectivity index (χ1) is 7.11. The lowest BCUT2D eigenvalue weighted by Crippen LogP contribution is -2.12. The van der Waals surface area contributed by atoms with Crippen molar-refractivity contribution >= 4 is 23.5 Å². The Bertz CT molecular complexity index is 362. The second kappa shape index (κ2) is 5.06. The molecule has 0 aliphatic heterocycles. The van der Waals surface area contributed by atoms with Crippen LogP contribution >= 0.6 is 11.8 Å². The normalized spacial score (nSPS) is 10.3. The van der Waals surface area contributed by atoms with Gasteiger partial charge in [0, 0.05) is 7.05 Å². The Balaban J connectivity index is 3.02. The number of imidazole rings is 1. The Morgan fingerprint density at radius 1 is 1.60 bits per heavy atom. The Hall–Kier alpha value is -1.17. The number of anilines is 1. The number of aromatic nitrogens is 2. The minimum Gasteiger partial charge on any atom is -0.461 e. The van der Waals surface area contributed by atoms with Gasteiger partial charge in [-0.3, -0.25) is 0 Å². The maximum atomic E-state index is 11.5. The molecule has 2 N–H and O–H groups in total. The molecule has 0 saturated carbocycles. The highest BCUT2D eigenvalue weighted by Crippen LogP contribution is 2.22. The number of hydrogen-bond donors (Lipinski definition) is 1. The summed E-state index contributed by atoms with van der Waals surface area (Å²) in [5.74, 6) is 0.687. The van der Waals surface area contributed by atoms with E-state index in [1.165, 1.54) is 11.8 Å². The minimum atomic E-state index is -0.423. The quantitative estimate of drug-likeness (QED) is 0.622. The van der Waals surface area contributed by atoms with Gasteiger partial charge in [-0.05, 0) is 12.7 Å². The van der Waals surface area contributed by atoms with Gasteiger partial charge >= 0.3 is 5.97 Å². The van der Waals surface area contributed by atoms with Gasteiger partial charge in [-0.15, -0.1) is 0 Å². The van der Waals surface area contributed by atoms with Crippen molar-refractivity contribution in [2.75, 3.05) is 18.1 Å². The molecule has 0 amide bonds. The molecule has 5 nitrogen and oxygen atoms in total. The molecule has 0 unspecified atom stereocenters. The number of esters is 1. The molecule has 84 valence electrons. The number of thioether (sulfide) groups is 1. The Labute approximate surface area is 93.0 Å². The summed E-state index contributed by atoms with van der Waals surface area (Å²) < 4.78 is 6.56. The van der Waals surface area contributed by atoms with E-state index in [-0.39, 0.29) is 5.82 Å². The summed E-state index contributed by atoms with van der Waals surface area (Å²) in [4.78, 5) is 15.6. The van der Waals surface area contributed by atoms with E-state index in [4.69, 9.17) is 10.5 Å². The summed E-state index contributed by atoms with van der Waals surface area (Å²) in [5, 5.41) is 0.734. The molecule has 6 heteroatoms. The Morgan fingerprint density at radius 2 is 2.27 bits per heavy atom. The highest BCUT2D eigenvalue weighted by atomic mass is 32.2. The van der Waals surface area contributed by atoms with E-state index in [0.29, 0.717) is 12.3 Å². The van der Waals surface area contributed by atoms with Gasteiger partial charge in [0.15, 0.2) is 16.7 Å². The van der Waals surface area contributed by atoms with Crippen LogP contribution in [0.5, 0.6) is 0 Å². The first-order valence-electron chi connectivity index (χ1n) is 4.73. The van der Waals surface area contributed by atoms with E-state index in [1.54, 1.807) is 18.5 Å². The fraction of sp³-hybridized carbons (Fsp3) is 0.556. The molecule has 0 aliphatic rings. The van der Waals surface area contributed by atoms with Crippen LogP contribution in [-0.2, 0) is 11.8 Å². The summed E-state index contributed by atoms with van der Waals surface area (Å²) in [7, 11) is 1.76. The molecule has 1 heterocycles. The van der Waals surface area contributed by atoms with Crippen molar-refractivity contribution in [3.8, 4) is 0 Å². The summed E-state index contributed by atoms with van der Waals surface area (Å²) in [5.41, 5.74) is 5.98. The zero-order valence-electron chi connectivity index (χ0n) is 9.11. The van der Waals surface area contributed by atoms with Crippen LogP contribution in [0.3, 0.4) is 0 Å². The zero-order valence-corrected chi connectivity index (χ0v) is 9.93. The number of nitrogen functional groups attached to an aromatic ring is 1. The van der Waals surface area contributed by atoms with Crippen LogP contribution in [0.15, 0.2) is 5.16 Å². The van der Waals surface area contributed by atoms with Gasteiger partial charge in [0.1, 0.15) is 0 Å². The van der Waals surface area contributed by atoms with Gasteiger partial charge in [0.05, 0.1) is 6.61 Å². The highest BCUT2D eigenvalue weighted by molar-refractivity contribution is 7.99. The van der Waals surface area contributed by atoms with E-state index in [2.05, 4.69) is 4.98 Å². The van der Waals surface area contributed by atoms with Crippen LogP contribution in [0.1, 0.15) is 24.3 Å². The zero-order chi connectivity index (χ0) is 11.4. The number of nitrogens with zero attached hydrogens (tertiary/aromatic N) is 2. The number of ether oxygens (including phenoxy) is 1. The molecule has 0 atom stereocenters. The summed E-state index contributed by atoms with van der Waals surface area (Å²) in [6.45, 7) is 4.10. The third-order valence-electron chi connectivity index (χ3n) is 1.82. The molecule has 0 aromatic carbocycles. The molecule has 0 bridgehead atoms. The maximum absolute atomic E-state index is 11.5. The van der Waals surface area contributed by atoms with Crippen molar-refractivity contribution in [2.24, 2.45) is 7.05 Å². The molecule has 1 aromatic heterocycles. The minimum absolute atomic E-state index is 0.229. The summed E-state index contributed by atoms with van der Waals surface area (Å²) in [6, 6.07) is 0. The van der Waals surface area contributed by atoms with Gasteiger partial charge in [0.2, 0.25) is 0 Å². The fourth-order valence-electron chi connectivity index (χ4n) is 1.20. The number of hydrogen-bond acceptors (Lipinski definition) is 5. The third-order valence-corrected chi connectivity index (χ3v) is 2.74. The smallest absolute Gasteiger partial charge is 0.358 e. The standard InChI is InChI=1S/C9H15N3O2S/c1-4-14-8(13)6-7(10)11-9(12(6)3)15-5-2/h4-5,10H2,1-3H3. The monoisotopic (exact) mass is 229 g/mol. The number of nitrogens with two attached hydrogens (primary N) is 1. The van der Waals surface area contributed by atoms with Crippen LogP contribution in [0.2, 0.25) is 0 Å². The second-order valence-electron chi connectivity index (χ2n) is 2.84. The van der Waals surface area contributed by atoms with Crippen molar-refractivity contribution in [1.82, 2.24) is 9.55 Å². The summed E-state index contributed by atoms with van der Waals surface area (Å²) >= 11 is 1.54. The Kier molecular flexibility index (Phi) is 4.02. The lowest BCUT2D eigenvalue weighted by molar-refractivity contribution is 0.0515. The molecule has 1 aromatic rings. The van der Waals surface area contributed by atoms with Gasteiger partial charge in [-0.2, -0.15) is 0 Å². The van der Waals surface area contributed by atoms with Crippen molar-refractivity contribution < 1.29 is 9.53 Å². The predicted octanol–water partition coefficient (Wildman–Crippen LogP) is 1.29. The van der Waals surface area contributed by atoms with Crippen LogP contribution in [0.25, 0.3) is 0 Å². The Morgan fingerprint density at radius 3 is 2.80 bits per heavy atom. The predicted molar refractivity (Wildman–Crippen MR) is 60.0 cm³/mol. The fourth-order valence-corrected chi connectivity index (χ4v) is 1.90. The summed E-state index contributed by atoms with van der Waals surface area (Å²) in [6.07, 6.45) is 0. The number of carbonyl (C=O) groups excluding carboxylic acids is 1. The van der Waals surface area contributed by atoms with Crippen molar-refractivity contribution in [1.29, 1.82) is 0 Å². The SMILES string of the molecule is CCOC(=O)c1c(N)nc(SCC)n1C. The van der Waals surface area contributed by atoms with Crippen molar-refractivity contribution in [3.63, 3.8) is 0 Å². The number of rotatable bonds is 4. The highest BCUT2D eigenvalue weighted by Gasteiger charge is 2.20. The van der Waals surface area contributed by atoms with E-state index >= 15 is 0 Å². The lowest BCUT2D eigenvalue weighted by atomic mass is 10.4. The molecular weight excluding hydrogens is 214 g/mol. The van der Waals surface area contributed by atoms with Gasteiger partial charge in [-0.1, -0.05) is 18.7 Å². The molecule has 0 spiro atoms. The molecular formula is C9H15N3O2S. The molecule has 0 radical (unpaired) electrons. The number of carbonyl (C=O) groups is 1. The third kappa shape index (κ3) is 2.44. The largest absolute Gasteiger partial charge is 0.461 e. The van der Waals surface area contributed by atoms with E-state index in [1.807, 2.05) is 6.92 Å². The van der Waals surface area contributed by atoms with Crippen molar-refractivity contribution in [3.05, 3.63) is 5.69 Å². The van der Waals surface area contributed by atoms with Gasteiger partial charge in [-0.25, -0.2) is 9.78 Å². The van der Waals surface area contributed by atoms with Gasteiger partial charge in [0.25, 0.3) is 0 Å². The molecule has 15 heavy (non-hydrogen) atoms. The van der Waals surface area contributed by atoms with Crippen molar-refractivity contribution in [2.45, 2.75) is 19.0 Å². The van der Waals surface area contributed by atoms with E-state index < -0.39 is 5.97 Å². The first-order valence-corrected chi connectivity index (χ1v) is 5.72. The molecule has 0 saturated heterocycles.